The van der Waals surface area contributed by atoms with Crippen LogP contribution in [0.1, 0.15) is 30.1 Å². The van der Waals surface area contributed by atoms with E-state index in [1.807, 2.05) is 0 Å². The SMILES string of the molecule is O=C(O)CCC(Sc1ccc2n[nH]c(=O)n2n1)C1=C(C(=O)O)N2C(=O)C(NC(=O)[C@H](O)c3ccccc3C(F)(F)F)[C@H]2SC1. The predicted molar refractivity (Wildman–Crippen MR) is 146 cm³/mol. The maximum Gasteiger partial charge on any atom is 0.416 e. The highest BCUT2D eigenvalue weighted by atomic mass is 32.2. The number of benzene rings is 1. The van der Waals surface area contributed by atoms with Gasteiger partial charge in [-0.25, -0.2) is 14.7 Å². The van der Waals surface area contributed by atoms with Gasteiger partial charge in [-0.15, -0.1) is 11.8 Å². The number of aliphatic carboxylic acids is 2. The maximum atomic E-state index is 13.4. The molecular weight excluding hydrogens is 633 g/mol. The number of hydrogen-bond acceptors (Lipinski definition) is 10. The molecule has 2 aliphatic rings. The van der Waals surface area contributed by atoms with Crippen molar-refractivity contribution in [2.75, 3.05) is 5.75 Å². The number of carbonyl (C=O) groups excluding carboxylic acids is 2. The molecule has 4 atom stereocenters. The van der Waals surface area contributed by atoms with Crippen LogP contribution in [0.15, 0.2) is 57.5 Å². The molecule has 2 unspecified atom stereocenters. The average molecular weight is 655 g/mol. The lowest BCUT2D eigenvalue weighted by Gasteiger charge is -2.50. The molecule has 0 bridgehead atoms. The molecular formula is C25H21F3N6O8S2. The number of halogens is 3. The molecule has 19 heteroatoms. The zero-order valence-corrected chi connectivity index (χ0v) is 23.6. The third kappa shape index (κ3) is 5.89. The molecule has 0 radical (unpaired) electrons. The summed E-state index contributed by atoms with van der Waals surface area (Å²) >= 11 is 2.03. The fourth-order valence-corrected chi connectivity index (χ4v) is 7.48. The van der Waals surface area contributed by atoms with Gasteiger partial charge in [-0.3, -0.25) is 19.3 Å². The van der Waals surface area contributed by atoms with Gasteiger partial charge in [-0.05, 0) is 30.2 Å². The Morgan fingerprint density at radius 3 is 2.57 bits per heavy atom. The second-order valence-electron chi connectivity index (χ2n) is 9.57. The molecule has 2 amide bonds. The van der Waals surface area contributed by atoms with Crippen LogP contribution in [0.2, 0.25) is 0 Å². The Morgan fingerprint density at radius 2 is 1.89 bits per heavy atom. The molecule has 4 heterocycles. The maximum absolute atomic E-state index is 13.4. The van der Waals surface area contributed by atoms with E-state index in [1.165, 1.54) is 18.2 Å². The molecule has 1 saturated heterocycles. The van der Waals surface area contributed by atoms with Crippen molar-refractivity contribution >= 4 is 52.9 Å². The number of carboxylic acids is 2. The number of aliphatic hydroxyl groups is 1. The number of β-lactam (4-membered cyclic amide) rings is 1. The number of aliphatic hydroxyl groups excluding tert-OH is 1. The summed E-state index contributed by atoms with van der Waals surface area (Å²) in [5, 5.41) is 40.7. The van der Waals surface area contributed by atoms with Crippen LogP contribution in [0.25, 0.3) is 5.65 Å². The highest BCUT2D eigenvalue weighted by Gasteiger charge is 2.55. The van der Waals surface area contributed by atoms with Gasteiger partial charge < -0.3 is 20.6 Å². The summed E-state index contributed by atoms with van der Waals surface area (Å²) in [6.45, 7) is 0. The first-order valence-corrected chi connectivity index (χ1v) is 14.6. The number of amides is 2. The number of aromatic nitrogens is 4. The van der Waals surface area contributed by atoms with Crippen molar-refractivity contribution in [2.45, 2.75) is 46.8 Å². The number of nitrogens with one attached hydrogen (secondary N) is 2. The van der Waals surface area contributed by atoms with Gasteiger partial charge in [0.1, 0.15) is 22.1 Å². The zero-order chi connectivity index (χ0) is 31.9. The fourth-order valence-electron chi connectivity index (χ4n) is 4.81. The van der Waals surface area contributed by atoms with Gasteiger partial charge in [0.15, 0.2) is 11.8 Å². The molecule has 5 rings (SSSR count). The highest BCUT2D eigenvalue weighted by Crippen LogP contribution is 2.45. The van der Waals surface area contributed by atoms with E-state index in [0.29, 0.717) is 6.07 Å². The number of carbonyl (C=O) groups is 4. The summed E-state index contributed by atoms with van der Waals surface area (Å²) in [5.41, 5.74) is -2.59. The Morgan fingerprint density at radius 1 is 1.16 bits per heavy atom. The molecule has 1 fully saturated rings. The monoisotopic (exact) mass is 654 g/mol. The molecule has 2 aromatic heterocycles. The Balaban J connectivity index is 1.39. The van der Waals surface area contributed by atoms with Gasteiger partial charge >= 0.3 is 23.8 Å². The lowest BCUT2D eigenvalue weighted by Crippen LogP contribution is -2.71. The molecule has 44 heavy (non-hydrogen) atoms. The molecule has 232 valence electrons. The van der Waals surface area contributed by atoms with Gasteiger partial charge in [0.05, 0.1) is 5.56 Å². The van der Waals surface area contributed by atoms with Crippen LogP contribution in [0.3, 0.4) is 0 Å². The largest absolute Gasteiger partial charge is 0.481 e. The van der Waals surface area contributed by atoms with Gasteiger partial charge in [0.2, 0.25) is 0 Å². The molecule has 5 N–H and O–H groups in total. The van der Waals surface area contributed by atoms with Crippen molar-refractivity contribution in [1.29, 1.82) is 0 Å². The van der Waals surface area contributed by atoms with Crippen molar-refractivity contribution in [3.63, 3.8) is 0 Å². The summed E-state index contributed by atoms with van der Waals surface area (Å²) in [5.74, 6) is -4.84. The van der Waals surface area contributed by atoms with Crippen LogP contribution in [0.5, 0.6) is 0 Å². The average Bonchev–Trinajstić information content (AvgIpc) is 3.35. The highest BCUT2D eigenvalue weighted by molar-refractivity contribution is 8.01. The van der Waals surface area contributed by atoms with E-state index in [0.717, 1.165) is 45.1 Å². The number of hydrogen-bond donors (Lipinski definition) is 5. The Hall–Kier alpha value is -4.36. The first-order valence-electron chi connectivity index (χ1n) is 12.7. The van der Waals surface area contributed by atoms with E-state index < -0.39 is 75.2 Å². The topological polar surface area (TPSA) is 207 Å². The van der Waals surface area contributed by atoms with Gasteiger partial charge in [-0.1, -0.05) is 30.0 Å². The van der Waals surface area contributed by atoms with Crippen LogP contribution < -0.4 is 11.0 Å². The Labute approximate surface area is 252 Å². The summed E-state index contributed by atoms with van der Waals surface area (Å²) in [4.78, 5) is 62.6. The molecule has 0 aliphatic carbocycles. The standard InChI is InChI=1S/C25H21F3N6O8S2/c26-25(27,28)12-4-2-1-3-10(12)19(37)20(38)29-17-21(39)33-18(23(40)41)11(9-43-22(17)33)13(5-8-16(35)36)44-15-7-6-14-30-31-24(42)34(14)32-15/h1-4,6-7,13,17,19,22,37H,5,8-9H2,(H,29,38)(H,31,42)(H,35,36)(H,40,41)/t13?,17?,19-,22-/m1/s1. The van der Waals surface area contributed by atoms with E-state index >= 15 is 0 Å². The summed E-state index contributed by atoms with van der Waals surface area (Å²) in [6, 6.07) is 5.57. The second-order valence-corrected chi connectivity index (χ2v) is 11.9. The Kier molecular flexibility index (Phi) is 8.45. The van der Waals surface area contributed by atoms with E-state index in [4.69, 9.17) is 0 Å². The van der Waals surface area contributed by atoms with Crippen LogP contribution in [0.4, 0.5) is 13.2 Å². The molecule has 2 aliphatic heterocycles. The summed E-state index contributed by atoms with van der Waals surface area (Å²) < 4.78 is 41.2. The summed E-state index contributed by atoms with van der Waals surface area (Å²) in [6.07, 6.45) is -7.55. The minimum absolute atomic E-state index is 0.0207. The van der Waals surface area contributed by atoms with E-state index in [-0.39, 0.29) is 34.8 Å². The third-order valence-corrected chi connectivity index (χ3v) is 9.39. The number of aromatic amines is 1. The molecule has 3 aromatic rings. The van der Waals surface area contributed by atoms with Crippen molar-refractivity contribution in [3.05, 3.63) is 69.3 Å². The number of fused-ring (bicyclic) bond motifs is 2. The lowest BCUT2D eigenvalue weighted by atomic mass is 9.98. The second kappa shape index (κ2) is 12.0. The minimum atomic E-state index is -4.86. The fraction of sp³-hybridized carbons (Fsp3) is 0.320. The third-order valence-electron chi connectivity index (χ3n) is 6.83. The first kappa shape index (κ1) is 31.1. The van der Waals surface area contributed by atoms with Crippen LogP contribution in [-0.2, 0) is 25.4 Å². The lowest BCUT2D eigenvalue weighted by molar-refractivity contribution is -0.152. The number of carboxylic acid groups (broad SMARTS) is 2. The van der Waals surface area contributed by atoms with Gasteiger partial charge in [-0.2, -0.15) is 27.9 Å². The van der Waals surface area contributed by atoms with Crippen LogP contribution >= 0.6 is 23.5 Å². The van der Waals surface area contributed by atoms with E-state index in [1.54, 1.807) is 0 Å². The van der Waals surface area contributed by atoms with Crippen molar-refractivity contribution in [3.8, 4) is 0 Å². The van der Waals surface area contributed by atoms with Crippen molar-refractivity contribution in [1.82, 2.24) is 30.0 Å². The molecule has 0 spiro atoms. The van der Waals surface area contributed by atoms with Gasteiger partial charge in [0.25, 0.3) is 11.8 Å². The normalized spacial score (nSPS) is 19.7. The van der Waals surface area contributed by atoms with E-state index in [9.17, 15) is 52.5 Å². The smallest absolute Gasteiger partial charge is 0.416 e. The van der Waals surface area contributed by atoms with E-state index in [2.05, 4.69) is 20.6 Å². The first-order chi connectivity index (χ1) is 20.8. The van der Waals surface area contributed by atoms with Crippen LogP contribution in [-0.4, -0.2) is 86.2 Å². The summed E-state index contributed by atoms with van der Waals surface area (Å²) in [7, 11) is 0. The van der Waals surface area contributed by atoms with Crippen LogP contribution in [0, 0.1) is 0 Å². The number of H-pyrrole nitrogens is 1. The number of nitrogens with zero attached hydrogens (tertiary/aromatic N) is 4. The van der Waals surface area contributed by atoms with Gasteiger partial charge in [0, 0.05) is 23.0 Å². The Bertz CT molecular complexity index is 1760. The zero-order valence-electron chi connectivity index (χ0n) is 22.0. The molecule has 14 nitrogen and oxygen atoms in total. The number of alkyl halides is 3. The minimum Gasteiger partial charge on any atom is -0.481 e. The quantitative estimate of drug-likeness (QED) is 0.155. The molecule has 0 saturated carbocycles. The predicted octanol–water partition coefficient (Wildman–Crippen LogP) is 1.23. The van der Waals surface area contributed by atoms with Crippen molar-refractivity contribution < 1.29 is 47.7 Å². The molecule has 1 aromatic carbocycles. The van der Waals surface area contributed by atoms with Crippen molar-refractivity contribution in [2.24, 2.45) is 0 Å². The number of rotatable bonds is 10. The number of thioether (sulfide) groups is 2.